The molecule has 0 bridgehead atoms. The Hall–Kier alpha value is -1.43. The third kappa shape index (κ3) is 2.89. The smallest absolute Gasteiger partial charge is 0.176 e. The van der Waals surface area contributed by atoms with Gasteiger partial charge in [0.05, 0.1) is 0 Å². The van der Waals surface area contributed by atoms with Gasteiger partial charge in [-0.25, -0.2) is 4.21 Å². The van der Waals surface area contributed by atoms with Crippen molar-refractivity contribution in [2.24, 2.45) is 5.73 Å². The maximum Gasteiger partial charge on any atom is 0.176 e. The fourth-order valence-corrected chi connectivity index (χ4v) is 4.22. The second kappa shape index (κ2) is 6.36. The molecule has 1 aliphatic carbocycles. The van der Waals surface area contributed by atoms with Gasteiger partial charge in [-0.3, -0.25) is 0 Å². The summed E-state index contributed by atoms with van der Waals surface area (Å²) in [4.78, 5) is 1.92. The molecule has 0 aromatic heterocycles. The van der Waals surface area contributed by atoms with E-state index in [1.165, 1.54) is 16.7 Å². The molecule has 1 heterocycles. The number of fused-ring (bicyclic) bond motifs is 1. The quantitative estimate of drug-likeness (QED) is 0.819. The van der Waals surface area contributed by atoms with E-state index >= 15 is 0 Å². The first kappa shape index (κ1) is 15.5. The summed E-state index contributed by atoms with van der Waals surface area (Å²) in [7, 11) is 0. The van der Waals surface area contributed by atoms with E-state index in [2.05, 4.69) is 30.9 Å². The lowest BCUT2D eigenvalue weighted by Crippen LogP contribution is -2.39. The van der Waals surface area contributed by atoms with Crippen LogP contribution in [0.3, 0.4) is 0 Å². The van der Waals surface area contributed by atoms with E-state index in [0.29, 0.717) is 0 Å². The van der Waals surface area contributed by atoms with Crippen molar-refractivity contribution in [3.05, 3.63) is 53.7 Å². The predicted octanol–water partition coefficient (Wildman–Crippen LogP) is 2.50. The highest BCUT2D eigenvalue weighted by Crippen LogP contribution is 2.32. The molecule has 0 amide bonds. The zero-order chi connectivity index (χ0) is 15.7. The first-order valence-corrected chi connectivity index (χ1v) is 8.83. The van der Waals surface area contributed by atoms with E-state index in [1.54, 1.807) is 0 Å². The van der Waals surface area contributed by atoms with Crippen molar-refractivity contribution in [2.75, 3.05) is 6.54 Å². The molecule has 0 saturated carbocycles. The number of benzene rings is 1. The number of hydrogen-bond donors (Lipinski definition) is 2. The van der Waals surface area contributed by atoms with Gasteiger partial charge in [0.25, 0.3) is 0 Å². The molecule has 1 unspecified atom stereocenters. The Labute approximate surface area is 134 Å². The van der Waals surface area contributed by atoms with Gasteiger partial charge in [-0.05, 0) is 42.4 Å². The summed E-state index contributed by atoms with van der Waals surface area (Å²) in [5, 5.41) is -0.358. The van der Waals surface area contributed by atoms with E-state index in [0.717, 1.165) is 37.9 Å². The summed E-state index contributed by atoms with van der Waals surface area (Å²) in [5.41, 5.74) is 11.0. The summed E-state index contributed by atoms with van der Waals surface area (Å²) in [6, 6.07) is 8.15. The molecular formula is C17H22N2O2S. The molecule has 0 spiro atoms. The monoisotopic (exact) mass is 318 g/mol. The van der Waals surface area contributed by atoms with E-state index in [4.69, 9.17) is 5.73 Å². The van der Waals surface area contributed by atoms with E-state index in [1.807, 2.05) is 11.0 Å². The van der Waals surface area contributed by atoms with Crippen LogP contribution < -0.4 is 5.73 Å². The van der Waals surface area contributed by atoms with Crippen LogP contribution in [0.5, 0.6) is 0 Å². The Kier molecular flexibility index (Phi) is 4.47. The molecule has 5 heteroatoms. The second-order valence-corrected chi connectivity index (χ2v) is 7.06. The molecule has 3 N–H and O–H groups in total. The molecule has 2 aliphatic rings. The van der Waals surface area contributed by atoms with Crippen molar-refractivity contribution in [3.8, 4) is 0 Å². The van der Waals surface area contributed by atoms with E-state index in [-0.39, 0.29) is 11.4 Å². The average Bonchev–Trinajstić information content (AvgIpc) is 3.14. The van der Waals surface area contributed by atoms with Gasteiger partial charge < -0.3 is 15.2 Å². The Bertz CT molecular complexity index is 641. The molecule has 3 rings (SSSR count). The summed E-state index contributed by atoms with van der Waals surface area (Å²) >= 11 is -1.85. The largest absolute Gasteiger partial charge is 0.358 e. The zero-order valence-electron chi connectivity index (χ0n) is 12.6. The van der Waals surface area contributed by atoms with E-state index in [9.17, 15) is 8.76 Å². The van der Waals surface area contributed by atoms with Gasteiger partial charge in [0.2, 0.25) is 0 Å². The lowest BCUT2D eigenvalue weighted by Gasteiger charge is -2.30. The molecule has 1 aliphatic heterocycles. The number of hydrogen-bond acceptors (Lipinski definition) is 3. The van der Waals surface area contributed by atoms with Crippen LogP contribution in [0.4, 0.5) is 0 Å². The maximum atomic E-state index is 11.4. The van der Waals surface area contributed by atoms with Crippen LogP contribution in [0.15, 0.2) is 42.6 Å². The van der Waals surface area contributed by atoms with Crippen molar-refractivity contribution < 1.29 is 8.76 Å². The highest BCUT2D eigenvalue weighted by atomic mass is 32.2. The molecule has 3 atom stereocenters. The SMILES string of the molecule is C=C([C@@H](N)CC1=CCc2ccccc21)N1CCC[C@H]1S(=O)O. The third-order valence-electron chi connectivity index (χ3n) is 4.60. The average molecular weight is 318 g/mol. The van der Waals surface area contributed by atoms with Crippen LogP contribution in [0.25, 0.3) is 5.57 Å². The lowest BCUT2D eigenvalue weighted by molar-refractivity contribution is 0.354. The number of nitrogens with zero attached hydrogens (tertiary/aromatic N) is 1. The van der Waals surface area contributed by atoms with Crippen LogP contribution in [0.1, 0.15) is 30.4 Å². The molecule has 4 nitrogen and oxygen atoms in total. The molecule has 0 radical (unpaired) electrons. The summed E-state index contributed by atoms with van der Waals surface area (Å²) < 4.78 is 20.8. The predicted molar refractivity (Wildman–Crippen MR) is 90.4 cm³/mol. The molecule has 1 aromatic carbocycles. The minimum atomic E-state index is -1.85. The first-order valence-electron chi connectivity index (χ1n) is 7.66. The maximum absolute atomic E-state index is 11.4. The summed E-state index contributed by atoms with van der Waals surface area (Å²) in [5.74, 6) is 0. The minimum absolute atomic E-state index is 0.221. The molecule has 1 fully saturated rings. The molecule has 22 heavy (non-hydrogen) atoms. The third-order valence-corrected chi connectivity index (χ3v) is 5.55. The fourth-order valence-electron chi connectivity index (χ4n) is 3.39. The number of likely N-dealkylation sites (tertiary alicyclic amines) is 1. The molecular weight excluding hydrogens is 296 g/mol. The summed E-state index contributed by atoms with van der Waals surface area (Å²) in [6.45, 7) is 4.86. The van der Waals surface area contributed by atoms with Gasteiger partial charge >= 0.3 is 0 Å². The van der Waals surface area contributed by atoms with Crippen LogP contribution in [0.2, 0.25) is 0 Å². The standard InChI is InChI=1S/C17H22N2O2S/c1-12(19-10-4-7-17(19)22(20)21)16(18)11-14-9-8-13-5-2-3-6-15(13)14/h2-3,5-6,9,16-17H,1,4,7-8,10-11,18H2,(H,20,21)/t16-,17+/m0/s1. The summed E-state index contributed by atoms with van der Waals surface area (Å²) in [6.07, 6.45) is 5.53. The molecule has 1 saturated heterocycles. The Morgan fingerprint density at radius 2 is 2.27 bits per heavy atom. The van der Waals surface area contributed by atoms with Crippen molar-refractivity contribution in [3.63, 3.8) is 0 Å². The molecule has 118 valence electrons. The number of allylic oxidation sites excluding steroid dienone is 1. The fraction of sp³-hybridized carbons (Fsp3) is 0.412. The van der Waals surface area contributed by atoms with E-state index < -0.39 is 11.1 Å². The van der Waals surface area contributed by atoms with Gasteiger partial charge in [0.1, 0.15) is 5.37 Å². The number of rotatable bonds is 5. The van der Waals surface area contributed by atoms with Crippen molar-refractivity contribution >= 4 is 16.7 Å². The van der Waals surface area contributed by atoms with Crippen LogP contribution >= 0.6 is 0 Å². The topological polar surface area (TPSA) is 66.6 Å². The Balaban J connectivity index is 1.69. The normalized spacial score (nSPS) is 23.1. The van der Waals surface area contributed by atoms with Crippen molar-refractivity contribution in [1.82, 2.24) is 4.90 Å². The van der Waals surface area contributed by atoms with Crippen molar-refractivity contribution in [1.29, 1.82) is 0 Å². The number of nitrogens with two attached hydrogens (primary N) is 1. The van der Waals surface area contributed by atoms with Crippen LogP contribution in [0, 0.1) is 0 Å². The van der Waals surface area contributed by atoms with Gasteiger partial charge in [-0.1, -0.05) is 36.9 Å². The lowest BCUT2D eigenvalue weighted by atomic mass is 9.98. The van der Waals surface area contributed by atoms with Gasteiger partial charge in [0.15, 0.2) is 11.1 Å². The van der Waals surface area contributed by atoms with Crippen LogP contribution in [-0.4, -0.2) is 31.6 Å². The Morgan fingerprint density at radius 1 is 1.50 bits per heavy atom. The first-order chi connectivity index (χ1) is 10.6. The molecule has 1 aromatic rings. The van der Waals surface area contributed by atoms with Gasteiger partial charge in [-0.15, -0.1) is 0 Å². The van der Waals surface area contributed by atoms with Gasteiger partial charge in [-0.2, -0.15) is 0 Å². The van der Waals surface area contributed by atoms with Crippen LogP contribution in [-0.2, 0) is 17.5 Å². The zero-order valence-corrected chi connectivity index (χ0v) is 13.4. The highest BCUT2D eigenvalue weighted by Gasteiger charge is 2.32. The highest BCUT2D eigenvalue weighted by molar-refractivity contribution is 7.79. The van der Waals surface area contributed by atoms with Gasteiger partial charge in [0, 0.05) is 18.3 Å². The Morgan fingerprint density at radius 3 is 3.05 bits per heavy atom. The minimum Gasteiger partial charge on any atom is -0.358 e. The second-order valence-electron chi connectivity index (χ2n) is 5.96. The van der Waals surface area contributed by atoms with Crippen molar-refractivity contribution in [2.45, 2.75) is 37.1 Å².